The van der Waals surface area contributed by atoms with Crippen molar-refractivity contribution in [1.29, 1.82) is 0 Å². The number of likely N-dealkylation sites (tertiary alicyclic amines) is 1. The Bertz CT molecular complexity index is 333. The van der Waals surface area contributed by atoms with Gasteiger partial charge in [0.1, 0.15) is 0 Å². The topological polar surface area (TPSA) is 53.3 Å². The molecular weight excluding hydrogens is 240 g/mol. The van der Waals surface area contributed by atoms with E-state index in [4.69, 9.17) is 0 Å². The predicted molar refractivity (Wildman–Crippen MR) is 75.9 cm³/mol. The zero-order valence-electron chi connectivity index (χ0n) is 11.8. The molecule has 1 aliphatic heterocycles. The Morgan fingerprint density at radius 2 is 2.21 bits per heavy atom. The maximum absolute atomic E-state index is 9.86. The second-order valence-corrected chi connectivity index (χ2v) is 5.62. The number of nitrogens with zero attached hydrogens (tertiary/aromatic N) is 3. The number of aliphatic hydroxyl groups excluding tert-OH is 1. The minimum absolute atomic E-state index is 0.364. The second kappa shape index (κ2) is 7.62. The molecule has 1 atom stereocenters. The van der Waals surface area contributed by atoms with Crippen molar-refractivity contribution in [2.24, 2.45) is 5.92 Å². The van der Waals surface area contributed by atoms with E-state index < -0.39 is 0 Å². The van der Waals surface area contributed by atoms with Crippen LogP contribution < -0.4 is 5.32 Å². The van der Waals surface area contributed by atoms with Crippen LogP contribution in [0.15, 0.2) is 18.5 Å². The van der Waals surface area contributed by atoms with Crippen molar-refractivity contribution in [3.63, 3.8) is 0 Å². The molecule has 2 rings (SSSR count). The molecule has 19 heavy (non-hydrogen) atoms. The first kappa shape index (κ1) is 14.5. The third-order valence-electron chi connectivity index (χ3n) is 3.90. The standard InChI is InChI=1S/C14H26N4O/c1-17-9-4-13(5-10-17)3-7-15-11-14(19)12-18-8-2-6-16-18/h2,6,8,13-15,19H,3-5,7,9-12H2,1H3. The van der Waals surface area contributed by atoms with Crippen LogP contribution in [0.3, 0.4) is 0 Å². The molecule has 5 heteroatoms. The Balaban J connectivity index is 1.52. The van der Waals surface area contributed by atoms with Crippen LogP contribution in [-0.4, -0.2) is 59.1 Å². The summed E-state index contributed by atoms with van der Waals surface area (Å²) in [6.45, 7) is 4.67. The van der Waals surface area contributed by atoms with Gasteiger partial charge < -0.3 is 15.3 Å². The van der Waals surface area contributed by atoms with Gasteiger partial charge >= 0.3 is 0 Å². The fourth-order valence-electron chi connectivity index (χ4n) is 2.61. The smallest absolute Gasteiger partial charge is 0.0860 e. The monoisotopic (exact) mass is 266 g/mol. The lowest BCUT2D eigenvalue weighted by Gasteiger charge is -2.29. The van der Waals surface area contributed by atoms with E-state index in [9.17, 15) is 5.11 Å². The highest BCUT2D eigenvalue weighted by molar-refractivity contribution is 4.79. The molecule has 1 saturated heterocycles. The molecule has 1 aromatic rings. The average Bonchev–Trinajstić information content (AvgIpc) is 2.89. The number of aromatic nitrogens is 2. The van der Waals surface area contributed by atoms with Crippen molar-refractivity contribution in [3.05, 3.63) is 18.5 Å². The van der Waals surface area contributed by atoms with E-state index in [0.29, 0.717) is 13.1 Å². The maximum atomic E-state index is 9.86. The van der Waals surface area contributed by atoms with Crippen LogP contribution >= 0.6 is 0 Å². The van der Waals surface area contributed by atoms with Gasteiger partial charge in [-0.05, 0) is 57.9 Å². The van der Waals surface area contributed by atoms with Crippen LogP contribution in [0, 0.1) is 5.92 Å². The summed E-state index contributed by atoms with van der Waals surface area (Å²) in [6, 6.07) is 1.88. The molecule has 2 heterocycles. The lowest BCUT2D eigenvalue weighted by molar-refractivity contribution is 0.145. The summed E-state index contributed by atoms with van der Waals surface area (Å²) in [5.74, 6) is 0.854. The number of aliphatic hydroxyl groups is 1. The van der Waals surface area contributed by atoms with Crippen molar-refractivity contribution in [3.8, 4) is 0 Å². The Kier molecular flexibility index (Phi) is 5.82. The molecule has 0 saturated carbocycles. The molecule has 0 aromatic carbocycles. The molecule has 5 nitrogen and oxygen atoms in total. The van der Waals surface area contributed by atoms with E-state index in [1.165, 1.54) is 32.4 Å². The molecule has 0 bridgehead atoms. The highest BCUT2D eigenvalue weighted by atomic mass is 16.3. The normalized spacial score (nSPS) is 19.7. The first-order valence-electron chi connectivity index (χ1n) is 7.29. The fraction of sp³-hybridized carbons (Fsp3) is 0.786. The molecule has 0 amide bonds. The maximum Gasteiger partial charge on any atom is 0.0860 e. The van der Waals surface area contributed by atoms with Crippen molar-refractivity contribution in [1.82, 2.24) is 20.0 Å². The fourth-order valence-corrected chi connectivity index (χ4v) is 2.61. The second-order valence-electron chi connectivity index (χ2n) is 5.62. The van der Waals surface area contributed by atoms with E-state index in [1.807, 2.05) is 12.3 Å². The molecule has 0 spiro atoms. The average molecular weight is 266 g/mol. The van der Waals surface area contributed by atoms with Gasteiger partial charge in [0.05, 0.1) is 12.6 Å². The van der Waals surface area contributed by atoms with Crippen molar-refractivity contribution in [2.75, 3.05) is 33.2 Å². The molecule has 1 aromatic heterocycles. The lowest BCUT2D eigenvalue weighted by Crippen LogP contribution is -2.34. The van der Waals surface area contributed by atoms with E-state index in [-0.39, 0.29) is 6.10 Å². The van der Waals surface area contributed by atoms with Crippen LogP contribution in [0.1, 0.15) is 19.3 Å². The highest BCUT2D eigenvalue weighted by Gasteiger charge is 2.16. The molecule has 1 fully saturated rings. The largest absolute Gasteiger partial charge is 0.390 e. The van der Waals surface area contributed by atoms with Gasteiger partial charge in [0.2, 0.25) is 0 Å². The van der Waals surface area contributed by atoms with Gasteiger partial charge in [-0.25, -0.2) is 0 Å². The van der Waals surface area contributed by atoms with Crippen molar-refractivity contribution >= 4 is 0 Å². The van der Waals surface area contributed by atoms with E-state index in [2.05, 4.69) is 22.4 Å². The van der Waals surface area contributed by atoms with Gasteiger partial charge in [0, 0.05) is 18.9 Å². The van der Waals surface area contributed by atoms with Crippen molar-refractivity contribution < 1.29 is 5.11 Å². The molecule has 108 valence electrons. The first-order valence-corrected chi connectivity index (χ1v) is 7.29. The predicted octanol–water partition coefficient (Wildman–Crippen LogP) is 0.566. The van der Waals surface area contributed by atoms with Gasteiger partial charge in [0.25, 0.3) is 0 Å². The summed E-state index contributed by atoms with van der Waals surface area (Å²) in [5, 5.41) is 17.3. The van der Waals surface area contributed by atoms with Gasteiger partial charge in [-0.1, -0.05) is 0 Å². The van der Waals surface area contributed by atoms with Crippen molar-refractivity contribution in [2.45, 2.75) is 31.9 Å². The first-order chi connectivity index (χ1) is 9.24. The Morgan fingerprint density at radius 3 is 2.89 bits per heavy atom. The van der Waals surface area contributed by atoms with Crippen LogP contribution in [0.25, 0.3) is 0 Å². The zero-order valence-corrected chi connectivity index (χ0v) is 11.8. The zero-order chi connectivity index (χ0) is 13.5. The Hall–Kier alpha value is -0.910. The van der Waals surface area contributed by atoms with E-state index >= 15 is 0 Å². The lowest BCUT2D eigenvalue weighted by atomic mass is 9.94. The summed E-state index contributed by atoms with van der Waals surface area (Å²) in [6.07, 6.45) is 7.10. The van der Waals surface area contributed by atoms with Crippen LogP contribution in [0.4, 0.5) is 0 Å². The number of hydrogen-bond acceptors (Lipinski definition) is 4. The van der Waals surface area contributed by atoms with Gasteiger partial charge in [-0.2, -0.15) is 5.10 Å². The minimum atomic E-state index is -0.364. The SMILES string of the molecule is CN1CCC(CCNCC(O)Cn2cccn2)CC1. The van der Waals surface area contributed by atoms with E-state index in [1.54, 1.807) is 10.9 Å². The summed E-state index contributed by atoms with van der Waals surface area (Å²) in [7, 11) is 2.19. The van der Waals surface area contributed by atoms with E-state index in [0.717, 1.165) is 12.5 Å². The van der Waals surface area contributed by atoms with Crippen LogP contribution in [0.2, 0.25) is 0 Å². The molecular formula is C14H26N4O. The molecule has 0 radical (unpaired) electrons. The van der Waals surface area contributed by atoms with Gasteiger partial charge in [0.15, 0.2) is 0 Å². The Labute approximate surface area is 115 Å². The molecule has 2 N–H and O–H groups in total. The highest BCUT2D eigenvalue weighted by Crippen LogP contribution is 2.18. The number of hydrogen-bond donors (Lipinski definition) is 2. The summed E-state index contributed by atoms with van der Waals surface area (Å²) in [5.41, 5.74) is 0. The minimum Gasteiger partial charge on any atom is -0.390 e. The third-order valence-corrected chi connectivity index (χ3v) is 3.90. The molecule has 1 aliphatic rings. The molecule has 1 unspecified atom stereocenters. The summed E-state index contributed by atoms with van der Waals surface area (Å²) in [4.78, 5) is 2.40. The van der Waals surface area contributed by atoms with Crippen LogP contribution in [-0.2, 0) is 6.54 Å². The molecule has 0 aliphatic carbocycles. The number of nitrogens with one attached hydrogen (secondary N) is 1. The van der Waals surface area contributed by atoms with Crippen LogP contribution in [0.5, 0.6) is 0 Å². The number of rotatable bonds is 7. The van der Waals surface area contributed by atoms with Gasteiger partial charge in [-0.3, -0.25) is 4.68 Å². The summed E-state index contributed by atoms with van der Waals surface area (Å²) >= 11 is 0. The number of piperidine rings is 1. The summed E-state index contributed by atoms with van der Waals surface area (Å²) < 4.78 is 1.77. The van der Waals surface area contributed by atoms with Gasteiger partial charge in [-0.15, -0.1) is 0 Å². The Morgan fingerprint density at radius 1 is 1.42 bits per heavy atom. The third kappa shape index (κ3) is 5.30. The quantitative estimate of drug-likeness (QED) is 0.708.